The zero-order valence-corrected chi connectivity index (χ0v) is 74.4. The van der Waals surface area contributed by atoms with Gasteiger partial charge in [0.25, 0.3) is 0 Å². The molecule has 5 atom stereocenters. The molecule has 0 aliphatic rings. The third-order valence-electron chi connectivity index (χ3n) is 21.5. The molecule has 0 rings (SSSR count). The van der Waals surface area contributed by atoms with Crippen molar-refractivity contribution in [3.05, 3.63) is 0 Å². The van der Waals surface area contributed by atoms with Crippen molar-refractivity contribution in [1.82, 2.24) is 0 Å². The molecule has 17 nitrogen and oxygen atoms in total. The van der Waals surface area contributed by atoms with Crippen molar-refractivity contribution in [3.63, 3.8) is 0 Å². The van der Waals surface area contributed by atoms with Crippen LogP contribution in [0.4, 0.5) is 0 Å². The number of esters is 4. The van der Waals surface area contributed by atoms with E-state index in [-0.39, 0.29) is 25.7 Å². The number of carbonyl (C=O) groups is 4. The van der Waals surface area contributed by atoms with Crippen molar-refractivity contribution < 1.29 is 80.2 Å². The Morgan fingerprint density at radius 1 is 0.245 bits per heavy atom. The third kappa shape index (κ3) is 84.0. The van der Waals surface area contributed by atoms with Gasteiger partial charge in [-0.3, -0.25) is 37.3 Å². The smallest absolute Gasteiger partial charge is 0.462 e. The lowest BCUT2D eigenvalue weighted by Gasteiger charge is -2.21. The van der Waals surface area contributed by atoms with E-state index in [9.17, 15) is 43.2 Å². The number of carbonyl (C=O) groups excluding carboxylic acids is 4. The monoisotopic (exact) mass is 1610 g/mol. The summed E-state index contributed by atoms with van der Waals surface area (Å²) in [4.78, 5) is 73.5. The fraction of sp³-hybridized carbons (Fsp3) is 0.956. The summed E-state index contributed by atoms with van der Waals surface area (Å²) in [6.07, 6.45) is 76.3. The van der Waals surface area contributed by atoms with E-state index in [1.54, 1.807) is 0 Å². The molecule has 0 saturated carbocycles. The molecule has 0 amide bonds. The van der Waals surface area contributed by atoms with Gasteiger partial charge in [-0.15, -0.1) is 0 Å². The van der Waals surface area contributed by atoms with E-state index in [1.165, 1.54) is 308 Å². The zero-order valence-electron chi connectivity index (χ0n) is 72.6. The van der Waals surface area contributed by atoms with Crippen LogP contribution in [0.5, 0.6) is 0 Å². The van der Waals surface area contributed by atoms with Gasteiger partial charge in [-0.25, -0.2) is 9.13 Å². The number of phosphoric acid groups is 2. The third-order valence-corrected chi connectivity index (χ3v) is 23.4. The normalized spacial score (nSPS) is 13.7. The molecule has 0 spiro atoms. The largest absolute Gasteiger partial charge is 0.472 e. The van der Waals surface area contributed by atoms with Gasteiger partial charge in [0.2, 0.25) is 0 Å². The highest BCUT2D eigenvalue weighted by atomic mass is 31.2. The molecular formula is C91H178O17P2. The molecule has 110 heavy (non-hydrogen) atoms. The first-order valence-corrected chi connectivity index (χ1v) is 50.0. The number of phosphoric ester groups is 2. The molecule has 2 unspecified atom stereocenters. The molecule has 3 N–H and O–H groups in total. The summed E-state index contributed by atoms with van der Waals surface area (Å²) in [6.45, 7) is 9.77. The van der Waals surface area contributed by atoms with Crippen LogP contribution in [-0.4, -0.2) is 96.7 Å². The van der Waals surface area contributed by atoms with Crippen molar-refractivity contribution >= 4 is 39.5 Å². The lowest BCUT2D eigenvalue weighted by atomic mass is 10.0. The van der Waals surface area contributed by atoms with Gasteiger partial charge in [-0.05, 0) is 37.5 Å². The molecule has 0 saturated heterocycles. The van der Waals surface area contributed by atoms with Gasteiger partial charge in [-0.2, -0.15) is 0 Å². The van der Waals surface area contributed by atoms with Crippen LogP contribution in [0.15, 0.2) is 0 Å². The fourth-order valence-corrected chi connectivity index (χ4v) is 15.9. The van der Waals surface area contributed by atoms with Crippen LogP contribution in [0.3, 0.4) is 0 Å². The summed E-state index contributed by atoms with van der Waals surface area (Å²) in [5.41, 5.74) is 0. The molecule has 654 valence electrons. The number of aliphatic hydroxyl groups excluding tert-OH is 1. The molecule has 0 aromatic rings. The lowest BCUT2D eigenvalue weighted by molar-refractivity contribution is -0.161. The summed E-state index contributed by atoms with van der Waals surface area (Å²) in [6, 6.07) is 0. The van der Waals surface area contributed by atoms with Crippen molar-refractivity contribution in [2.45, 2.75) is 509 Å². The zero-order chi connectivity index (χ0) is 80.6. The lowest BCUT2D eigenvalue weighted by Crippen LogP contribution is -2.30. The minimum atomic E-state index is -4.97. The summed E-state index contributed by atoms with van der Waals surface area (Å²) in [5.74, 6) is -0.471. The van der Waals surface area contributed by atoms with Gasteiger partial charge >= 0.3 is 39.5 Å². The Labute approximate surface area is 677 Å². The second kappa shape index (κ2) is 82.2. The number of hydrogen-bond acceptors (Lipinski definition) is 15. The van der Waals surface area contributed by atoms with Gasteiger partial charge in [0.1, 0.15) is 19.3 Å². The summed E-state index contributed by atoms with van der Waals surface area (Å²) in [7, 11) is -9.94. The molecule has 0 heterocycles. The number of unbranched alkanes of at least 4 members (excludes halogenated alkanes) is 60. The maximum atomic E-state index is 13.2. The fourth-order valence-electron chi connectivity index (χ4n) is 14.3. The van der Waals surface area contributed by atoms with Crippen LogP contribution in [-0.2, 0) is 65.4 Å². The van der Waals surface area contributed by atoms with E-state index in [0.717, 1.165) is 102 Å². The van der Waals surface area contributed by atoms with E-state index in [0.29, 0.717) is 25.7 Å². The summed E-state index contributed by atoms with van der Waals surface area (Å²) in [5, 5.41) is 10.7. The minimum Gasteiger partial charge on any atom is -0.462 e. The van der Waals surface area contributed by atoms with Crippen molar-refractivity contribution in [3.8, 4) is 0 Å². The van der Waals surface area contributed by atoms with Crippen molar-refractivity contribution in [2.75, 3.05) is 39.6 Å². The average molecular weight is 1610 g/mol. The molecule has 0 radical (unpaired) electrons. The van der Waals surface area contributed by atoms with Crippen molar-refractivity contribution in [1.29, 1.82) is 0 Å². The first-order valence-electron chi connectivity index (χ1n) is 47.0. The average Bonchev–Trinajstić information content (AvgIpc) is 0.898. The SMILES string of the molecule is CCCCCCCCCCCCCCCCCCCCCC(=O)O[C@H](COC(=O)CCCCCCCCCCCCCCC)COP(=O)(O)OC[C@H](O)COP(=O)(O)OC[C@@H](COC(=O)CCCCCCCCCCCCCCCCCCC(C)C)OC(=O)CCCCCCCCCCCCCCCCCCC(C)C. The van der Waals surface area contributed by atoms with Crippen LogP contribution in [0.25, 0.3) is 0 Å². The quantitative estimate of drug-likeness (QED) is 0.0222. The van der Waals surface area contributed by atoms with Crippen LogP contribution < -0.4 is 0 Å². The van der Waals surface area contributed by atoms with Crippen LogP contribution in [0.1, 0.15) is 491 Å². The maximum Gasteiger partial charge on any atom is 0.472 e. The number of ether oxygens (including phenoxy) is 4. The van der Waals surface area contributed by atoms with Crippen LogP contribution in [0, 0.1) is 11.8 Å². The summed E-state index contributed by atoms with van der Waals surface area (Å²) < 4.78 is 69.1. The van der Waals surface area contributed by atoms with E-state index in [2.05, 4.69) is 41.5 Å². The number of aliphatic hydroxyl groups is 1. The summed E-state index contributed by atoms with van der Waals surface area (Å²) >= 11 is 0. The van der Waals surface area contributed by atoms with E-state index in [4.69, 9.17) is 37.0 Å². The van der Waals surface area contributed by atoms with E-state index >= 15 is 0 Å². The minimum absolute atomic E-state index is 0.109. The second-order valence-electron chi connectivity index (χ2n) is 33.6. The molecule has 0 aliphatic heterocycles. The highest BCUT2D eigenvalue weighted by Crippen LogP contribution is 2.45. The molecule has 0 fully saturated rings. The van der Waals surface area contributed by atoms with Gasteiger partial charge in [0.05, 0.1) is 26.4 Å². The predicted molar refractivity (Wildman–Crippen MR) is 455 cm³/mol. The van der Waals surface area contributed by atoms with Gasteiger partial charge in [0, 0.05) is 25.7 Å². The van der Waals surface area contributed by atoms with Gasteiger partial charge in [0.15, 0.2) is 12.2 Å². The van der Waals surface area contributed by atoms with Crippen LogP contribution >= 0.6 is 15.6 Å². The Morgan fingerprint density at radius 2 is 0.418 bits per heavy atom. The van der Waals surface area contributed by atoms with E-state index in [1.807, 2.05) is 0 Å². The predicted octanol–water partition coefficient (Wildman–Crippen LogP) is 28.2. The van der Waals surface area contributed by atoms with Gasteiger partial charge in [-0.1, -0.05) is 440 Å². The number of hydrogen-bond donors (Lipinski definition) is 3. The topological polar surface area (TPSA) is 237 Å². The van der Waals surface area contributed by atoms with Crippen molar-refractivity contribution in [2.24, 2.45) is 11.8 Å². The Kier molecular flexibility index (Phi) is 80.7. The molecule has 0 aromatic carbocycles. The first-order chi connectivity index (χ1) is 53.4. The van der Waals surface area contributed by atoms with E-state index < -0.39 is 97.5 Å². The molecule has 0 bridgehead atoms. The molecule has 19 heteroatoms. The first kappa shape index (κ1) is 108. The second-order valence-corrected chi connectivity index (χ2v) is 36.6. The Hall–Kier alpha value is -1.94. The Morgan fingerprint density at radius 3 is 0.618 bits per heavy atom. The molecular weight excluding hydrogens is 1430 g/mol. The van der Waals surface area contributed by atoms with Crippen LogP contribution in [0.2, 0.25) is 0 Å². The highest BCUT2D eigenvalue weighted by Gasteiger charge is 2.31. The molecule has 0 aliphatic carbocycles. The number of rotatable bonds is 90. The Bertz CT molecular complexity index is 2100. The van der Waals surface area contributed by atoms with Gasteiger partial charge < -0.3 is 33.8 Å². The maximum absolute atomic E-state index is 13.2. The highest BCUT2D eigenvalue weighted by molar-refractivity contribution is 7.47. The molecule has 0 aromatic heterocycles. The Balaban J connectivity index is 5.26. The standard InChI is InChI=1S/C91H178O17P2/c1-7-9-11-13-15-17-19-21-22-23-24-25-33-39-45-51-57-63-69-75-90(95)107-86(79-101-88(93)73-67-61-55-49-43-35-20-18-16-14-12-10-8-2)81-105-109(97,98)103-77-85(92)78-104-110(99,100)106-82-87(108-91(96)76-70-64-58-52-46-40-34-29-27-31-37-42-48-54-60-66-72-84(5)6)80-102-89(94)74-68-62-56-50-44-38-32-28-26-30-36-41-47-53-59-65-71-83(3)4/h83-87,92H,7-82H2,1-6H3,(H,97,98)(H,99,100)/t85-,86+,87+/m0/s1.